The van der Waals surface area contributed by atoms with Gasteiger partial charge in [0, 0.05) is 32.5 Å². The van der Waals surface area contributed by atoms with Crippen LogP contribution in [0.3, 0.4) is 0 Å². The predicted octanol–water partition coefficient (Wildman–Crippen LogP) is 0.534. The molecule has 1 amide bonds. The summed E-state index contributed by atoms with van der Waals surface area (Å²) in [6.45, 7) is 4.32. The molecule has 4 N–H and O–H groups in total. The number of carbonyl (C=O) groups is 1. The second-order valence-electron chi connectivity index (χ2n) is 6.07. The molecule has 27 heavy (non-hydrogen) atoms. The smallest absolute Gasteiger partial charge is 0.286 e. The molecule has 0 aromatic carbocycles. The molecule has 0 spiro atoms. The minimum atomic E-state index is -0.719. The maximum Gasteiger partial charge on any atom is 0.286 e. The zero-order valence-electron chi connectivity index (χ0n) is 15.6. The molecule has 0 aliphatic heterocycles. The summed E-state index contributed by atoms with van der Waals surface area (Å²) in [6.07, 6.45) is 5.23. The van der Waals surface area contributed by atoms with E-state index in [0.717, 1.165) is 0 Å². The Kier molecular flexibility index (Phi) is 4.72. The summed E-state index contributed by atoms with van der Waals surface area (Å²) in [5.41, 5.74) is 14.1. The molecule has 0 radical (unpaired) electrons. The first-order valence-electron chi connectivity index (χ1n) is 8.33. The van der Waals surface area contributed by atoms with E-state index in [1.807, 2.05) is 20.2 Å². The number of fused-ring (bicyclic) bond motifs is 1. The number of allylic oxidation sites excluding steroid dienone is 2. The van der Waals surface area contributed by atoms with Crippen molar-refractivity contribution in [2.45, 2.75) is 13.8 Å². The maximum absolute atomic E-state index is 11.7. The number of rotatable bonds is 5. The van der Waals surface area contributed by atoms with Gasteiger partial charge in [0.2, 0.25) is 5.82 Å². The quantitative estimate of drug-likeness (QED) is 0.630. The van der Waals surface area contributed by atoms with Crippen LogP contribution in [-0.2, 0) is 14.1 Å². The van der Waals surface area contributed by atoms with Gasteiger partial charge in [-0.1, -0.05) is 0 Å². The highest BCUT2D eigenvalue weighted by molar-refractivity contribution is 6.08. The average Bonchev–Trinajstić information content (AvgIpc) is 3.17. The summed E-state index contributed by atoms with van der Waals surface area (Å²) >= 11 is 0. The summed E-state index contributed by atoms with van der Waals surface area (Å²) in [5, 5.41) is 4.87. The van der Waals surface area contributed by atoms with Gasteiger partial charge in [-0.25, -0.2) is 15.0 Å². The van der Waals surface area contributed by atoms with Crippen molar-refractivity contribution >= 4 is 22.7 Å². The monoisotopic (exact) mass is 367 g/mol. The van der Waals surface area contributed by atoms with Gasteiger partial charge in [0.1, 0.15) is 11.4 Å². The third-order valence-electron chi connectivity index (χ3n) is 3.86. The van der Waals surface area contributed by atoms with Crippen molar-refractivity contribution in [2.75, 3.05) is 6.54 Å². The van der Waals surface area contributed by atoms with E-state index in [4.69, 9.17) is 11.5 Å². The highest BCUT2D eigenvalue weighted by Crippen LogP contribution is 2.25. The third kappa shape index (κ3) is 3.41. The maximum atomic E-state index is 11.7. The summed E-state index contributed by atoms with van der Waals surface area (Å²) in [4.78, 5) is 29.3. The summed E-state index contributed by atoms with van der Waals surface area (Å²) < 4.78 is 3.36. The standard InChI is InChI=1S/C17H21N9O/c1-5-20-11(6-9(2)18)12-8-25(3)17(22-12)13-10-7-21-26(4)16(10)24-15(23-13)14(19)27/h6-8H,5,18H2,1-4H3,(H2,19,27). The van der Waals surface area contributed by atoms with Crippen molar-refractivity contribution in [1.82, 2.24) is 29.3 Å². The predicted molar refractivity (Wildman–Crippen MR) is 102 cm³/mol. The minimum absolute atomic E-state index is 0.0919. The number of aromatic nitrogens is 6. The Hall–Kier alpha value is -3.56. The molecule has 0 bridgehead atoms. The van der Waals surface area contributed by atoms with Gasteiger partial charge in [-0.3, -0.25) is 14.5 Å². The first-order chi connectivity index (χ1) is 12.8. The molecule has 0 aliphatic rings. The first-order valence-corrected chi connectivity index (χ1v) is 8.33. The van der Waals surface area contributed by atoms with Gasteiger partial charge in [0.15, 0.2) is 11.5 Å². The molecule has 140 valence electrons. The molecule has 0 saturated heterocycles. The van der Waals surface area contributed by atoms with Gasteiger partial charge in [0.25, 0.3) is 5.91 Å². The normalized spacial score (nSPS) is 12.7. The van der Waals surface area contributed by atoms with Crippen LogP contribution in [0.15, 0.2) is 29.2 Å². The number of carbonyl (C=O) groups excluding carboxylic acids is 1. The van der Waals surface area contributed by atoms with Gasteiger partial charge in [-0.2, -0.15) is 5.10 Å². The second kappa shape index (κ2) is 6.98. The van der Waals surface area contributed by atoms with Crippen LogP contribution in [0.2, 0.25) is 0 Å². The van der Waals surface area contributed by atoms with E-state index in [-0.39, 0.29) is 5.82 Å². The van der Waals surface area contributed by atoms with Crippen LogP contribution < -0.4 is 11.5 Å². The number of nitrogens with zero attached hydrogens (tertiary/aromatic N) is 7. The van der Waals surface area contributed by atoms with Crippen molar-refractivity contribution in [3.05, 3.63) is 35.7 Å². The van der Waals surface area contributed by atoms with Crippen molar-refractivity contribution in [3.8, 4) is 11.5 Å². The molecular formula is C17H21N9O. The number of imidazole rings is 1. The fourth-order valence-electron chi connectivity index (χ4n) is 2.70. The Morgan fingerprint density at radius 2 is 2.00 bits per heavy atom. The van der Waals surface area contributed by atoms with Crippen molar-refractivity contribution in [1.29, 1.82) is 0 Å². The highest BCUT2D eigenvalue weighted by atomic mass is 16.1. The molecule has 10 nitrogen and oxygen atoms in total. The summed E-state index contributed by atoms with van der Waals surface area (Å²) in [6, 6.07) is 0. The number of amides is 1. The average molecular weight is 367 g/mol. The molecule has 0 fully saturated rings. The lowest BCUT2D eigenvalue weighted by Gasteiger charge is -2.04. The van der Waals surface area contributed by atoms with Crippen LogP contribution in [-0.4, -0.2) is 47.5 Å². The molecule has 0 saturated carbocycles. The van der Waals surface area contributed by atoms with Gasteiger partial charge in [-0.05, 0) is 19.9 Å². The molecular weight excluding hydrogens is 346 g/mol. The van der Waals surface area contributed by atoms with Crippen LogP contribution in [0.25, 0.3) is 22.6 Å². The largest absolute Gasteiger partial charge is 0.402 e. The number of hydrogen-bond donors (Lipinski definition) is 2. The molecule has 3 aromatic rings. The third-order valence-corrected chi connectivity index (χ3v) is 3.86. The van der Waals surface area contributed by atoms with Gasteiger partial charge in [0.05, 0.1) is 17.3 Å². The Balaban J connectivity index is 2.24. The molecule has 3 rings (SSSR count). The molecule has 3 aromatic heterocycles. The van der Waals surface area contributed by atoms with Crippen molar-refractivity contribution < 1.29 is 4.79 Å². The van der Waals surface area contributed by atoms with Crippen LogP contribution >= 0.6 is 0 Å². The zero-order valence-corrected chi connectivity index (χ0v) is 15.6. The van der Waals surface area contributed by atoms with Gasteiger partial charge >= 0.3 is 0 Å². The van der Waals surface area contributed by atoms with E-state index in [1.165, 1.54) is 0 Å². The highest BCUT2D eigenvalue weighted by Gasteiger charge is 2.20. The lowest BCUT2D eigenvalue weighted by atomic mass is 10.2. The van der Waals surface area contributed by atoms with Gasteiger partial charge < -0.3 is 16.0 Å². The fourth-order valence-corrected chi connectivity index (χ4v) is 2.70. The molecule has 0 atom stereocenters. The van der Waals surface area contributed by atoms with Gasteiger partial charge in [-0.15, -0.1) is 0 Å². The van der Waals surface area contributed by atoms with Crippen molar-refractivity contribution in [2.24, 2.45) is 30.6 Å². The molecule has 3 heterocycles. The van der Waals surface area contributed by atoms with Crippen LogP contribution in [0, 0.1) is 0 Å². The van der Waals surface area contributed by atoms with Crippen LogP contribution in [0.4, 0.5) is 0 Å². The first kappa shape index (κ1) is 18.2. The SMILES string of the molecule is CCN=C(C=C(C)N)c1cn(C)c(-c2nc(C(N)=O)nc3c2cnn3C)n1. The van der Waals surface area contributed by atoms with Crippen LogP contribution in [0.5, 0.6) is 0 Å². The Morgan fingerprint density at radius 1 is 1.26 bits per heavy atom. The topological polar surface area (TPSA) is 143 Å². The number of aliphatic imine (C=N–C) groups is 1. The number of aryl methyl sites for hydroxylation is 2. The Labute approximate surface area is 155 Å². The lowest BCUT2D eigenvalue weighted by Crippen LogP contribution is -2.16. The van der Waals surface area contributed by atoms with E-state index in [1.54, 1.807) is 35.5 Å². The van der Waals surface area contributed by atoms with E-state index in [0.29, 0.717) is 46.2 Å². The van der Waals surface area contributed by atoms with E-state index >= 15 is 0 Å². The van der Waals surface area contributed by atoms with Crippen LogP contribution in [0.1, 0.15) is 30.2 Å². The summed E-state index contributed by atoms with van der Waals surface area (Å²) in [7, 11) is 3.57. The van der Waals surface area contributed by atoms with Crippen molar-refractivity contribution in [3.63, 3.8) is 0 Å². The molecule has 0 aliphatic carbocycles. The number of hydrogen-bond acceptors (Lipinski definition) is 7. The molecule has 10 heteroatoms. The van der Waals surface area contributed by atoms with E-state index in [2.05, 4.69) is 25.0 Å². The Morgan fingerprint density at radius 3 is 2.63 bits per heavy atom. The molecule has 0 unspecified atom stereocenters. The lowest BCUT2D eigenvalue weighted by molar-refractivity contribution is 0.0991. The van der Waals surface area contributed by atoms with E-state index in [9.17, 15) is 4.79 Å². The minimum Gasteiger partial charge on any atom is -0.402 e. The van der Waals surface area contributed by atoms with E-state index < -0.39 is 5.91 Å². The second-order valence-corrected chi connectivity index (χ2v) is 6.07. The zero-order chi connectivity index (χ0) is 19.7. The summed E-state index contributed by atoms with van der Waals surface area (Å²) in [5.74, 6) is -0.269. The fraction of sp³-hybridized carbons (Fsp3) is 0.294. The number of primary amides is 1. The Bertz CT molecular complexity index is 1080. The number of nitrogens with two attached hydrogens (primary N) is 2.